The topological polar surface area (TPSA) is 85.2 Å². The number of pyridine rings is 1. The van der Waals surface area contributed by atoms with Gasteiger partial charge in [0.1, 0.15) is 11.6 Å². The summed E-state index contributed by atoms with van der Waals surface area (Å²) < 4.78 is 33.6. The maximum absolute atomic E-state index is 13.5. The first-order chi connectivity index (χ1) is 14.6. The molecule has 0 aliphatic carbocycles. The molecule has 1 unspecified atom stereocenters. The Morgan fingerprint density at radius 2 is 2.00 bits per heavy atom. The third-order valence-electron chi connectivity index (χ3n) is 5.50. The molecule has 2 N–H and O–H groups in total. The molecular formula is C22H22N4O3S. The molecule has 1 saturated heterocycles. The minimum atomic E-state index is -3.82. The van der Waals surface area contributed by atoms with Crippen LogP contribution < -0.4 is 15.4 Å². The van der Waals surface area contributed by atoms with Crippen LogP contribution in [0, 0.1) is 0 Å². The van der Waals surface area contributed by atoms with Crippen LogP contribution >= 0.6 is 0 Å². The molecule has 2 aromatic carbocycles. The van der Waals surface area contributed by atoms with Crippen molar-refractivity contribution in [1.82, 2.24) is 14.3 Å². The van der Waals surface area contributed by atoms with Crippen molar-refractivity contribution in [3.05, 3.63) is 60.8 Å². The molecule has 0 saturated carbocycles. The van der Waals surface area contributed by atoms with Gasteiger partial charge in [0.2, 0.25) is 0 Å². The van der Waals surface area contributed by atoms with Crippen LogP contribution in [0.5, 0.6) is 5.75 Å². The van der Waals surface area contributed by atoms with Crippen LogP contribution in [0.1, 0.15) is 6.42 Å². The van der Waals surface area contributed by atoms with Gasteiger partial charge in [-0.2, -0.15) is 0 Å². The predicted octanol–water partition coefficient (Wildman–Crippen LogP) is 3.21. The summed E-state index contributed by atoms with van der Waals surface area (Å²) in [4.78, 5) is 4.97. The second kappa shape index (κ2) is 7.30. The SMILES string of the molecule is COc1cccc(S(=O)(=O)n2ccc3c(NC4CCNC4)nc4ccccc4c32)c1. The van der Waals surface area contributed by atoms with Crippen LogP contribution in [-0.2, 0) is 10.0 Å². The molecule has 1 aliphatic heterocycles. The standard InChI is InChI=1S/C22H22N4O3S/c1-29-16-5-4-6-17(13-16)30(27,28)26-12-10-19-21(26)18-7-2-3-8-20(18)25-22(19)24-15-9-11-23-14-15/h2-8,10,12-13,15,23H,9,11,14H2,1H3,(H,24,25). The largest absolute Gasteiger partial charge is 0.497 e. The number of hydrogen-bond acceptors (Lipinski definition) is 6. The Balaban J connectivity index is 1.74. The van der Waals surface area contributed by atoms with Gasteiger partial charge in [-0.3, -0.25) is 0 Å². The molecule has 154 valence electrons. The van der Waals surface area contributed by atoms with E-state index in [0.29, 0.717) is 17.1 Å². The maximum atomic E-state index is 13.5. The van der Waals surface area contributed by atoms with Crippen molar-refractivity contribution < 1.29 is 13.2 Å². The highest BCUT2D eigenvalue weighted by Gasteiger charge is 2.24. The monoisotopic (exact) mass is 422 g/mol. The van der Waals surface area contributed by atoms with E-state index >= 15 is 0 Å². The van der Waals surface area contributed by atoms with Crippen LogP contribution in [0.25, 0.3) is 21.8 Å². The Hall–Kier alpha value is -3.10. The molecule has 1 aliphatic rings. The maximum Gasteiger partial charge on any atom is 0.268 e. The van der Waals surface area contributed by atoms with Crippen molar-refractivity contribution in [3.63, 3.8) is 0 Å². The first kappa shape index (κ1) is 18.9. The molecule has 0 bridgehead atoms. The van der Waals surface area contributed by atoms with Crippen LogP contribution in [0.2, 0.25) is 0 Å². The molecule has 8 heteroatoms. The summed E-state index contributed by atoms with van der Waals surface area (Å²) in [6.07, 6.45) is 2.60. The van der Waals surface area contributed by atoms with Gasteiger partial charge in [-0.25, -0.2) is 17.4 Å². The molecule has 0 radical (unpaired) electrons. The average Bonchev–Trinajstić information content (AvgIpc) is 3.44. The quantitative estimate of drug-likeness (QED) is 0.514. The highest BCUT2D eigenvalue weighted by atomic mass is 32.2. The number of para-hydroxylation sites is 1. The van der Waals surface area contributed by atoms with Gasteiger partial charge in [-0.05, 0) is 37.2 Å². The molecule has 4 aromatic rings. The van der Waals surface area contributed by atoms with Crippen LogP contribution in [0.3, 0.4) is 0 Å². The summed E-state index contributed by atoms with van der Waals surface area (Å²) in [5, 5.41) is 8.41. The lowest BCUT2D eigenvalue weighted by atomic mass is 10.1. The molecule has 2 aromatic heterocycles. The zero-order valence-corrected chi connectivity index (χ0v) is 17.3. The van der Waals surface area contributed by atoms with E-state index in [4.69, 9.17) is 9.72 Å². The van der Waals surface area contributed by atoms with Gasteiger partial charge in [-0.1, -0.05) is 24.3 Å². The van der Waals surface area contributed by atoms with E-state index in [1.54, 1.807) is 24.4 Å². The fourth-order valence-electron chi connectivity index (χ4n) is 3.98. The number of benzene rings is 2. The number of ether oxygens (including phenoxy) is 1. The molecular weight excluding hydrogens is 400 g/mol. The molecule has 0 spiro atoms. The normalized spacial score (nSPS) is 16.9. The Bertz CT molecular complexity index is 1340. The Kier molecular flexibility index (Phi) is 4.60. The van der Waals surface area contributed by atoms with E-state index < -0.39 is 10.0 Å². The van der Waals surface area contributed by atoms with E-state index in [1.807, 2.05) is 30.3 Å². The van der Waals surface area contributed by atoms with Gasteiger partial charge in [0.15, 0.2) is 0 Å². The van der Waals surface area contributed by atoms with Gasteiger partial charge in [0.05, 0.1) is 23.0 Å². The fourth-order valence-corrected chi connectivity index (χ4v) is 5.38. The number of nitrogens with zero attached hydrogens (tertiary/aromatic N) is 2. The lowest BCUT2D eigenvalue weighted by Crippen LogP contribution is -2.22. The number of nitrogens with one attached hydrogen (secondary N) is 2. The zero-order valence-electron chi connectivity index (χ0n) is 16.5. The van der Waals surface area contributed by atoms with Crippen molar-refractivity contribution in [1.29, 1.82) is 0 Å². The minimum absolute atomic E-state index is 0.176. The molecule has 30 heavy (non-hydrogen) atoms. The molecule has 1 atom stereocenters. The summed E-state index contributed by atoms with van der Waals surface area (Å²) in [5.41, 5.74) is 1.37. The second-order valence-electron chi connectivity index (χ2n) is 7.37. The number of rotatable bonds is 5. The number of fused-ring (bicyclic) bond motifs is 3. The van der Waals surface area contributed by atoms with Crippen LogP contribution in [0.15, 0.2) is 65.7 Å². The van der Waals surface area contributed by atoms with E-state index in [0.717, 1.165) is 35.8 Å². The second-order valence-corrected chi connectivity index (χ2v) is 9.18. The van der Waals surface area contributed by atoms with Crippen LogP contribution in [-0.4, -0.2) is 43.6 Å². The fraction of sp³-hybridized carbons (Fsp3) is 0.227. The van der Waals surface area contributed by atoms with Gasteiger partial charge in [0.25, 0.3) is 10.0 Å². The minimum Gasteiger partial charge on any atom is -0.497 e. The average molecular weight is 423 g/mol. The third kappa shape index (κ3) is 3.09. The third-order valence-corrected chi connectivity index (χ3v) is 7.17. The lowest BCUT2D eigenvalue weighted by Gasteiger charge is -2.15. The van der Waals surface area contributed by atoms with Crippen molar-refractivity contribution >= 4 is 37.6 Å². The number of aromatic nitrogens is 2. The van der Waals surface area contributed by atoms with Crippen LogP contribution in [0.4, 0.5) is 5.82 Å². The van der Waals surface area contributed by atoms with Gasteiger partial charge < -0.3 is 15.4 Å². The lowest BCUT2D eigenvalue weighted by molar-refractivity contribution is 0.413. The zero-order chi connectivity index (χ0) is 20.7. The van der Waals surface area contributed by atoms with Crippen molar-refractivity contribution in [2.24, 2.45) is 0 Å². The van der Waals surface area contributed by atoms with Crippen molar-refractivity contribution in [3.8, 4) is 5.75 Å². The van der Waals surface area contributed by atoms with E-state index in [2.05, 4.69) is 10.6 Å². The van der Waals surface area contributed by atoms with Crippen molar-refractivity contribution in [2.45, 2.75) is 17.4 Å². The Morgan fingerprint density at radius 1 is 1.13 bits per heavy atom. The van der Waals surface area contributed by atoms with Gasteiger partial charge in [0, 0.05) is 35.6 Å². The summed E-state index contributed by atoms with van der Waals surface area (Å²) in [6, 6.07) is 16.2. The highest BCUT2D eigenvalue weighted by Crippen LogP contribution is 2.33. The first-order valence-corrected chi connectivity index (χ1v) is 11.3. The smallest absolute Gasteiger partial charge is 0.268 e. The van der Waals surface area contributed by atoms with E-state index in [-0.39, 0.29) is 10.9 Å². The molecule has 7 nitrogen and oxygen atoms in total. The summed E-state index contributed by atoms with van der Waals surface area (Å²) >= 11 is 0. The van der Waals surface area contributed by atoms with Crippen molar-refractivity contribution in [2.75, 3.05) is 25.5 Å². The molecule has 0 amide bonds. The molecule has 5 rings (SSSR count). The highest BCUT2D eigenvalue weighted by molar-refractivity contribution is 7.90. The van der Waals surface area contributed by atoms with Gasteiger partial charge in [-0.15, -0.1) is 0 Å². The van der Waals surface area contributed by atoms with E-state index in [9.17, 15) is 8.42 Å². The predicted molar refractivity (Wildman–Crippen MR) is 118 cm³/mol. The molecule has 1 fully saturated rings. The number of methoxy groups -OCH3 is 1. The molecule has 3 heterocycles. The van der Waals surface area contributed by atoms with E-state index in [1.165, 1.54) is 17.1 Å². The summed E-state index contributed by atoms with van der Waals surface area (Å²) in [6.45, 7) is 1.82. The number of anilines is 1. The summed E-state index contributed by atoms with van der Waals surface area (Å²) in [5.74, 6) is 1.20. The summed E-state index contributed by atoms with van der Waals surface area (Å²) in [7, 11) is -2.30. The number of hydrogen-bond donors (Lipinski definition) is 2. The Labute approximate surface area is 174 Å². The van der Waals surface area contributed by atoms with Gasteiger partial charge >= 0.3 is 0 Å². The Morgan fingerprint density at radius 3 is 2.80 bits per heavy atom. The first-order valence-electron chi connectivity index (χ1n) is 9.84.